The van der Waals surface area contributed by atoms with Gasteiger partial charge in [0.05, 0.1) is 22.5 Å². The van der Waals surface area contributed by atoms with Crippen molar-refractivity contribution in [1.29, 1.82) is 0 Å². The Hall–Kier alpha value is -8.30. The molecule has 0 aliphatic rings. The summed E-state index contributed by atoms with van der Waals surface area (Å²) in [6, 6.07) is 28.4. The van der Waals surface area contributed by atoms with E-state index in [1.165, 1.54) is 36.4 Å². The van der Waals surface area contributed by atoms with Crippen LogP contribution in [0.3, 0.4) is 0 Å². The summed E-state index contributed by atoms with van der Waals surface area (Å²) in [5, 5.41) is 49.3. The van der Waals surface area contributed by atoms with E-state index in [0.29, 0.717) is 44.5 Å². The average molecular weight is 747 g/mol. The van der Waals surface area contributed by atoms with E-state index in [1.54, 1.807) is 72.8 Å². The molecule has 276 valence electrons. The normalized spacial score (nSPS) is 10.6. The number of hydrogen-bond donors (Lipinski definition) is 6. The maximum Gasteiger partial charge on any atom is 0.255 e. The fraction of sp³-hybridized carbons (Fsp3) is 0.0612. The van der Waals surface area contributed by atoms with E-state index in [1.807, 2.05) is 13.8 Å². The first-order valence-corrected chi connectivity index (χ1v) is 17.4. The second-order valence-corrected chi connectivity index (χ2v) is 13.5. The second kappa shape index (κ2) is 15.6. The molecule has 0 aliphatic heterocycles. The molecule has 0 spiro atoms. The van der Waals surface area contributed by atoms with Gasteiger partial charge in [-0.25, -0.2) is 0 Å². The first-order chi connectivity index (χ1) is 27.3. The number of carbonyl (C=O) groups is 2. The molecule has 2 amide bonds. The van der Waals surface area contributed by atoms with Crippen LogP contribution in [0.1, 0.15) is 67.9 Å². The van der Waals surface area contributed by atoms with Gasteiger partial charge in [0.25, 0.3) is 11.8 Å². The minimum atomic E-state index is -1.00. The summed E-state index contributed by atoms with van der Waals surface area (Å²) in [7, 11) is 0. The molecule has 57 heavy (non-hydrogen) atoms. The smallest absolute Gasteiger partial charge is 0.255 e. The van der Waals surface area contributed by atoms with Gasteiger partial charge < -0.3 is 31.1 Å². The monoisotopic (exact) mass is 746 g/mol. The van der Waals surface area contributed by atoms with Crippen molar-refractivity contribution in [3.63, 3.8) is 0 Å². The van der Waals surface area contributed by atoms with Gasteiger partial charge >= 0.3 is 0 Å². The molecule has 0 aliphatic carbocycles. The van der Waals surface area contributed by atoms with Gasteiger partial charge in [-0.2, -0.15) is 0 Å². The van der Waals surface area contributed by atoms with Crippen molar-refractivity contribution in [2.75, 3.05) is 10.6 Å². The van der Waals surface area contributed by atoms with Gasteiger partial charge in [0.1, 0.15) is 23.0 Å². The van der Waals surface area contributed by atoms with E-state index in [2.05, 4.69) is 34.3 Å². The largest absolute Gasteiger partial charge is 0.508 e. The SMILES string of the molecule is C#Cc1cccc(C(=O)Nc2c(-c3cc(O)ccc3C(C)(C)c3ccc(O)cc3-c3ccc(O)c(C#C)c3NC(=O)c3cccc(C#C)c3)ccc(O)c2C#C)c1. The van der Waals surface area contributed by atoms with E-state index in [9.17, 15) is 30.0 Å². The lowest BCUT2D eigenvalue weighted by Gasteiger charge is -2.32. The quantitative estimate of drug-likeness (QED) is 0.0863. The third-order valence-corrected chi connectivity index (χ3v) is 9.65. The molecule has 0 fully saturated rings. The van der Waals surface area contributed by atoms with Gasteiger partial charge in [-0.05, 0) is 107 Å². The zero-order chi connectivity index (χ0) is 41.0. The van der Waals surface area contributed by atoms with E-state index in [-0.39, 0.29) is 56.6 Å². The number of phenolic OH excluding ortho intramolecular Hbond substituents is 4. The minimum absolute atomic E-state index is 0.00504. The van der Waals surface area contributed by atoms with Gasteiger partial charge in [0.15, 0.2) is 0 Å². The second-order valence-electron chi connectivity index (χ2n) is 13.5. The summed E-state index contributed by atoms with van der Waals surface area (Å²) >= 11 is 0. The summed E-state index contributed by atoms with van der Waals surface area (Å²) in [6.45, 7) is 3.83. The summed E-state index contributed by atoms with van der Waals surface area (Å²) in [4.78, 5) is 27.4. The van der Waals surface area contributed by atoms with Crippen LogP contribution in [0.25, 0.3) is 22.3 Å². The van der Waals surface area contributed by atoms with Crippen LogP contribution in [0.15, 0.2) is 109 Å². The fourth-order valence-corrected chi connectivity index (χ4v) is 6.80. The summed E-state index contributed by atoms with van der Waals surface area (Å²) in [5.74, 6) is 8.18. The molecular formula is C49H34N2O6. The molecule has 6 aromatic rings. The standard InChI is InChI=1S/C49H34N2O6/c1-7-29-13-11-15-31(25-29)47(56)50-45-35(9-3)43(54)23-19-37(45)39-27-33(52)17-21-41(39)49(5,6)42-22-18-34(53)28-40(42)38-20-24-44(55)36(10-4)46(38)51-48(57)32-16-12-14-30(8-2)26-32/h1-4,11-28,52-55H,5-6H3,(H,50,56)(H,51,57). The van der Waals surface area contributed by atoms with Crippen molar-refractivity contribution in [1.82, 2.24) is 0 Å². The lowest BCUT2D eigenvalue weighted by Crippen LogP contribution is -2.22. The lowest BCUT2D eigenvalue weighted by atomic mass is 9.72. The molecule has 8 heteroatoms. The van der Waals surface area contributed by atoms with E-state index >= 15 is 0 Å². The number of hydrogen-bond acceptors (Lipinski definition) is 6. The van der Waals surface area contributed by atoms with Crippen LogP contribution in [0, 0.1) is 49.4 Å². The third-order valence-electron chi connectivity index (χ3n) is 9.65. The zero-order valence-electron chi connectivity index (χ0n) is 30.8. The molecule has 0 aromatic heterocycles. The molecule has 0 heterocycles. The maximum atomic E-state index is 13.7. The molecule has 0 radical (unpaired) electrons. The van der Waals surface area contributed by atoms with Gasteiger partial charge in [-0.15, -0.1) is 25.7 Å². The molecular weight excluding hydrogens is 713 g/mol. The number of benzene rings is 6. The van der Waals surface area contributed by atoms with E-state index < -0.39 is 17.2 Å². The molecule has 0 unspecified atom stereocenters. The van der Waals surface area contributed by atoms with Crippen LogP contribution in [0.4, 0.5) is 11.4 Å². The third kappa shape index (κ3) is 7.44. The highest BCUT2D eigenvalue weighted by Crippen LogP contribution is 2.48. The summed E-state index contributed by atoms with van der Waals surface area (Å²) in [6.07, 6.45) is 23.0. The molecule has 6 N–H and O–H groups in total. The summed E-state index contributed by atoms with van der Waals surface area (Å²) < 4.78 is 0. The Kier molecular flexibility index (Phi) is 10.5. The van der Waals surface area contributed by atoms with Gasteiger partial charge in [-0.3, -0.25) is 9.59 Å². The van der Waals surface area contributed by atoms with Gasteiger partial charge in [-0.1, -0.05) is 61.8 Å². The van der Waals surface area contributed by atoms with Crippen molar-refractivity contribution in [2.45, 2.75) is 19.3 Å². The molecule has 0 atom stereocenters. The predicted molar refractivity (Wildman–Crippen MR) is 223 cm³/mol. The minimum Gasteiger partial charge on any atom is -0.508 e. The predicted octanol–water partition coefficient (Wildman–Crippen LogP) is 8.60. The Bertz CT molecular complexity index is 2610. The Morgan fingerprint density at radius 3 is 1.28 bits per heavy atom. The molecule has 0 saturated heterocycles. The van der Waals surface area contributed by atoms with Crippen LogP contribution in [-0.4, -0.2) is 32.2 Å². The average Bonchev–Trinajstić information content (AvgIpc) is 3.21. The molecule has 0 bridgehead atoms. The van der Waals surface area contributed by atoms with Crippen molar-refractivity contribution in [3.8, 4) is 94.6 Å². The summed E-state index contributed by atoms with van der Waals surface area (Å²) in [5.41, 5.74) is 3.59. The number of terminal acetylenes is 4. The van der Waals surface area contributed by atoms with E-state index in [0.717, 1.165) is 0 Å². The van der Waals surface area contributed by atoms with Crippen molar-refractivity contribution >= 4 is 23.2 Å². The van der Waals surface area contributed by atoms with Crippen LogP contribution in [0.2, 0.25) is 0 Å². The van der Waals surface area contributed by atoms with Crippen molar-refractivity contribution in [2.24, 2.45) is 0 Å². The fourth-order valence-electron chi connectivity index (χ4n) is 6.80. The molecule has 0 saturated carbocycles. The molecule has 8 nitrogen and oxygen atoms in total. The maximum absolute atomic E-state index is 13.7. The van der Waals surface area contributed by atoms with E-state index in [4.69, 9.17) is 25.7 Å². The number of carbonyl (C=O) groups excluding carboxylic acids is 2. The molecule has 6 aromatic carbocycles. The van der Waals surface area contributed by atoms with Gasteiger partial charge in [0, 0.05) is 38.8 Å². The Balaban J connectivity index is 1.55. The topological polar surface area (TPSA) is 139 Å². The van der Waals surface area contributed by atoms with Gasteiger partial charge in [0.2, 0.25) is 0 Å². The Morgan fingerprint density at radius 2 is 0.912 bits per heavy atom. The first-order valence-electron chi connectivity index (χ1n) is 17.4. The lowest BCUT2D eigenvalue weighted by molar-refractivity contribution is 0.101. The number of amides is 2. The highest BCUT2D eigenvalue weighted by molar-refractivity contribution is 6.09. The van der Waals surface area contributed by atoms with Crippen molar-refractivity contribution < 1.29 is 30.0 Å². The zero-order valence-corrected chi connectivity index (χ0v) is 30.8. The van der Waals surface area contributed by atoms with Crippen LogP contribution in [-0.2, 0) is 5.41 Å². The molecule has 6 rings (SSSR count). The van der Waals surface area contributed by atoms with Crippen molar-refractivity contribution in [3.05, 3.63) is 154 Å². The van der Waals surface area contributed by atoms with Crippen LogP contribution < -0.4 is 10.6 Å². The van der Waals surface area contributed by atoms with Crippen LogP contribution >= 0.6 is 0 Å². The number of nitrogens with one attached hydrogen (secondary N) is 2. The number of phenols is 4. The Morgan fingerprint density at radius 1 is 0.509 bits per heavy atom. The number of aromatic hydroxyl groups is 4. The number of anilines is 2. The Labute approximate surface area is 330 Å². The highest BCUT2D eigenvalue weighted by Gasteiger charge is 2.32. The first kappa shape index (κ1) is 38.4. The highest BCUT2D eigenvalue weighted by atomic mass is 16.3. The number of rotatable bonds is 8. The van der Waals surface area contributed by atoms with Crippen LogP contribution in [0.5, 0.6) is 23.0 Å².